The van der Waals surface area contributed by atoms with Crippen LogP contribution in [-0.4, -0.2) is 9.78 Å². The molecule has 0 radical (unpaired) electrons. The molecule has 2 aromatic rings. The topological polar surface area (TPSA) is 34.9 Å². The van der Waals surface area contributed by atoms with E-state index in [1.165, 1.54) is 5.56 Å². The lowest BCUT2D eigenvalue weighted by molar-refractivity contribution is 0.781. The molecule has 84 valence electrons. The fourth-order valence-corrected chi connectivity index (χ4v) is 1.96. The predicted molar refractivity (Wildman–Crippen MR) is 65.8 cm³/mol. The molecule has 0 saturated heterocycles. The monoisotopic (exact) mass is 216 g/mol. The Morgan fingerprint density at radius 3 is 2.62 bits per heavy atom. The van der Waals surface area contributed by atoms with Crippen LogP contribution in [-0.2, 0) is 7.05 Å². The van der Waals surface area contributed by atoms with Crippen molar-refractivity contribution in [1.82, 2.24) is 9.78 Å². The Balaban J connectivity index is 2.95. The second-order valence-electron chi connectivity index (χ2n) is 4.47. The van der Waals surface area contributed by atoms with E-state index < -0.39 is 0 Å². The highest BCUT2D eigenvalue weighted by Crippen LogP contribution is 2.19. The maximum absolute atomic E-state index is 11.9. The summed E-state index contributed by atoms with van der Waals surface area (Å²) in [7, 11) is 1.81. The molecule has 3 heteroatoms. The first-order valence-electron chi connectivity index (χ1n) is 5.48. The number of fused-ring (bicyclic) bond motifs is 1. The first-order valence-corrected chi connectivity index (χ1v) is 5.48. The van der Waals surface area contributed by atoms with Gasteiger partial charge in [-0.1, -0.05) is 19.9 Å². The van der Waals surface area contributed by atoms with Crippen LogP contribution in [0.2, 0.25) is 0 Å². The molecule has 0 unspecified atom stereocenters. The van der Waals surface area contributed by atoms with Crippen molar-refractivity contribution in [2.75, 3.05) is 0 Å². The number of nitrogens with zero attached hydrogens (tertiary/aromatic N) is 2. The molecule has 0 aliphatic rings. The largest absolute Gasteiger partial charge is 0.288 e. The third-order valence-corrected chi connectivity index (χ3v) is 2.91. The molecule has 1 aromatic carbocycles. The van der Waals surface area contributed by atoms with Crippen LogP contribution < -0.4 is 5.43 Å². The van der Waals surface area contributed by atoms with E-state index in [0.717, 1.165) is 11.1 Å². The zero-order chi connectivity index (χ0) is 11.9. The van der Waals surface area contributed by atoms with Crippen LogP contribution in [0.3, 0.4) is 0 Å². The van der Waals surface area contributed by atoms with Crippen molar-refractivity contribution < 1.29 is 0 Å². The standard InChI is InChI=1S/C13H16N2O/c1-8(2)10-5-6-12(16)13-11(7-10)9(3)14-15(13)4/h5-8H,1-4H3. The van der Waals surface area contributed by atoms with Gasteiger partial charge in [-0.2, -0.15) is 5.10 Å². The Labute approximate surface area is 94.7 Å². The second kappa shape index (κ2) is 3.74. The Morgan fingerprint density at radius 1 is 1.31 bits per heavy atom. The van der Waals surface area contributed by atoms with Gasteiger partial charge < -0.3 is 0 Å². The van der Waals surface area contributed by atoms with E-state index >= 15 is 0 Å². The SMILES string of the molecule is Cc1nn(C)c2c(=O)ccc(C(C)C)cc12. The van der Waals surface area contributed by atoms with Crippen molar-refractivity contribution in [3.63, 3.8) is 0 Å². The first-order chi connectivity index (χ1) is 7.50. The Bertz CT molecular complexity index is 597. The molecule has 0 bridgehead atoms. The van der Waals surface area contributed by atoms with Crippen LogP contribution in [0.5, 0.6) is 0 Å². The van der Waals surface area contributed by atoms with Crippen molar-refractivity contribution >= 4 is 10.9 Å². The van der Waals surface area contributed by atoms with Crippen molar-refractivity contribution in [3.05, 3.63) is 39.7 Å². The van der Waals surface area contributed by atoms with Gasteiger partial charge in [0.1, 0.15) is 5.52 Å². The highest BCUT2D eigenvalue weighted by atomic mass is 16.1. The highest BCUT2D eigenvalue weighted by molar-refractivity contribution is 5.81. The van der Waals surface area contributed by atoms with Gasteiger partial charge in [0, 0.05) is 12.4 Å². The van der Waals surface area contributed by atoms with Crippen molar-refractivity contribution in [2.24, 2.45) is 7.05 Å². The summed E-state index contributed by atoms with van der Waals surface area (Å²) in [5.74, 6) is 0.412. The lowest BCUT2D eigenvalue weighted by Crippen LogP contribution is -2.02. The van der Waals surface area contributed by atoms with Crippen LogP contribution in [0.1, 0.15) is 31.0 Å². The molecule has 0 N–H and O–H groups in total. The van der Waals surface area contributed by atoms with E-state index in [9.17, 15) is 4.79 Å². The number of aromatic nitrogens is 2. The van der Waals surface area contributed by atoms with Crippen LogP contribution in [0.25, 0.3) is 10.9 Å². The zero-order valence-corrected chi connectivity index (χ0v) is 10.1. The van der Waals surface area contributed by atoms with Gasteiger partial charge in [-0.05, 0) is 30.5 Å². The summed E-state index contributed by atoms with van der Waals surface area (Å²) in [4.78, 5) is 11.9. The van der Waals surface area contributed by atoms with Crippen molar-refractivity contribution in [1.29, 1.82) is 0 Å². The van der Waals surface area contributed by atoms with E-state index in [1.807, 2.05) is 20.0 Å². The number of rotatable bonds is 1. The third kappa shape index (κ3) is 1.62. The quantitative estimate of drug-likeness (QED) is 0.733. The summed E-state index contributed by atoms with van der Waals surface area (Å²) in [6, 6.07) is 5.62. The van der Waals surface area contributed by atoms with Crippen LogP contribution in [0, 0.1) is 6.92 Å². The normalized spacial score (nSPS) is 11.3. The Hall–Kier alpha value is -1.64. The number of hydrogen-bond acceptors (Lipinski definition) is 2. The van der Waals surface area contributed by atoms with Gasteiger partial charge in [0.05, 0.1) is 5.69 Å². The molecule has 2 rings (SSSR count). The molecule has 0 aliphatic carbocycles. The Kier molecular flexibility index (Phi) is 2.54. The molecule has 0 atom stereocenters. The highest BCUT2D eigenvalue weighted by Gasteiger charge is 2.08. The lowest BCUT2D eigenvalue weighted by atomic mass is 10.0. The van der Waals surface area contributed by atoms with Crippen LogP contribution in [0.15, 0.2) is 23.0 Å². The summed E-state index contributed by atoms with van der Waals surface area (Å²) < 4.78 is 1.66. The van der Waals surface area contributed by atoms with Gasteiger partial charge in [-0.3, -0.25) is 9.48 Å². The minimum atomic E-state index is 0.0324. The summed E-state index contributed by atoms with van der Waals surface area (Å²) in [6.45, 7) is 6.18. The van der Waals surface area contributed by atoms with E-state index in [0.29, 0.717) is 11.4 Å². The smallest absolute Gasteiger partial charge is 0.204 e. The fraction of sp³-hybridized carbons (Fsp3) is 0.385. The maximum Gasteiger partial charge on any atom is 0.204 e. The van der Waals surface area contributed by atoms with Gasteiger partial charge in [0.25, 0.3) is 0 Å². The van der Waals surface area contributed by atoms with E-state index in [-0.39, 0.29) is 5.43 Å². The molecule has 0 spiro atoms. The van der Waals surface area contributed by atoms with E-state index in [4.69, 9.17) is 0 Å². The summed E-state index contributed by atoms with van der Waals surface area (Å²) in [6.07, 6.45) is 0. The molecular weight excluding hydrogens is 200 g/mol. The Morgan fingerprint density at radius 2 is 2.00 bits per heavy atom. The molecule has 0 saturated carbocycles. The molecular formula is C13H16N2O. The van der Waals surface area contributed by atoms with Crippen LogP contribution >= 0.6 is 0 Å². The summed E-state index contributed by atoms with van der Waals surface area (Å²) in [5, 5.41) is 5.26. The van der Waals surface area contributed by atoms with Gasteiger partial charge in [-0.15, -0.1) is 0 Å². The molecule has 0 amide bonds. The van der Waals surface area contributed by atoms with Crippen molar-refractivity contribution in [2.45, 2.75) is 26.7 Å². The number of aryl methyl sites for hydroxylation is 2. The number of hydrogen-bond donors (Lipinski definition) is 0. The molecule has 0 fully saturated rings. The minimum Gasteiger partial charge on any atom is -0.288 e. The minimum absolute atomic E-state index is 0.0324. The average molecular weight is 216 g/mol. The maximum atomic E-state index is 11.9. The van der Waals surface area contributed by atoms with Crippen LogP contribution in [0.4, 0.5) is 0 Å². The third-order valence-electron chi connectivity index (χ3n) is 2.91. The molecule has 16 heavy (non-hydrogen) atoms. The molecule has 3 nitrogen and oxygen atoms in total. The van der Waals surface area contributed by atoms with Gasteiger partial charge in [0.2, 0.25) is 5.43 Å². The second-order valence-corrected chi connectivity index (χ2v) is 4.47. The van der Waals surface area contributed by atoms with Gasteiger partial charge in [-0.25, -0.2) is 0 Å². The fourth-order valence-electron chi connectivity index (χ4n) is 1.96. The summed E-state index contributed by atoms with van der Waals surface area (Å²) >= 11 is 0. The average Bonchev–Trinajstić information content (AvgIpc) is 2.39. The van der Waals surface area contributed by atoms with Gasteiger partial charge >= 0.3 is 0 Å². The van der Waals surface area contributed by atoms with Crippen molar-refractivity contribution in [3.8, 4) is 0 Å². The zero-order valence-electron chi connectivity index (χ0n) is 10.1. The molecule has 1 aromatic heterocycles. The predicted octanol–water partition coefficient (Wildman–Crippen LogP) is 2.37. The van der Waals surface area contributed by atoms with E-state index in [2.05, 4.69) is 25.0 Å². The van der Waals surface area contributed by atoms with E-state index in [1.54, 1.807) is 10.7 Å². The molecule has 1 heterocycles. The summed E-state index contributed by atoms with van der Waals surface area (Å²) in [5.41, 5.74) is 2.80. The first kappa shape index (κ1) is 10.9. The van der Waals surface area contributed by atoms with Gasteiger partial charge in [0.15, 0.2) is 0 Å². The molecule has 0 aliphatic heterocycles. The lowest BCUT2D eigenvalue weighted by Gasteiger charge is -2.00.